The number of phenols is 1. The maximum absolute atomic E-state index is 13.0. The molecule has 1 aliphatic rings. The highest BCUT2D eigenvalue weighted by atomic mass is 16.5. The minimum absolute atomic E-state index is 0.0204. The van der Waals surface area contributed by atoms with E-state index in [0.29, 0.717) is 22.5 Å². The molecule has 2 aromatic carbocycles. The van der Waals surface area contributed by atoms with Crippen LogP contribution in [0.2, 0.25) is 0 Å². The fourth-order valence-corrected chi connectivity index (χ4v) is 3.04. The molecule has 0 saturated heterocycles. The van der Waals surface area contributed by atoms with Crippen LogP contribution < -0.4 is 20.7 Å². The van der Waals surface area contributed by atoms with Crippen LogP contribution in [0.4, 0.5) is 10.5 Å². The highest BCUT2D eigenvalue weighted by molar-refractivity contribution is 6.06. The van der Waals surface area contributed by atoms with E-state index >= 15 is 0 Å². The average molecular weight is 367 g/mol. The van der Waals surface area contributed by atoms with E-state index in [4.69, 9.17) is 4.74 Å². The van der Waals surface area contributed by atoms with Gasteiger partial charge in [-0.1, -0.05) is 18.2 Å². The quantitative estimate of drug-likeness (QED) is 0.667. The van der Waals surface area contributed by atoms with Gasteiger partial charge in [0, 0.05) is 11.4 Å². The number of allylic oxidation sites excluding steroid dienone is 1. The summed E-state index contributed by atoms with van der Waals surface area (Å²) in [6.45, 7) is 3.61. The Bertz CT molecular complexity index is 937. The van der Waals surface area contributed by atoms with Crippen LogP contribution in [0, 0.1) is 6.92 Å². The Kier molecular flexibility index (Phi) is 5.03. The lowest BCUT2D eigenvalue weighted by Gasteiger charge is -2.29. The van der Waals surface area contributed by atoms with Crippen LogP contribution >= 0.6 is 0 Å². The van der Waals surface area contributed by atoms with Gasteiger partial charge < -0.3 is 25.8 Å². The molecule has 0 spiro atoms. The Morgan fingerprint density at radius 2 is 1.96 bits per heavy atom. The summed E-state index contributed by atoms with van der Waals surface area (Å²) in [6.07, 6.45) is 0. The summed E-state index contributed by atoms with van der Waals surface area (Å²) in [5.41, 5.74) is 3.14. The van der Waals surface area contributed by atoms with Gasteiger partial charge in [0.2, 0.25) is 0 Å². The smallest absolute Gasteiger partial charge is 0.319 e. The van der Waals surface area contributed by atoms with Crippen molar-refractivity contribution in [3.8, 4) is 11.5 Å². The van der Waals surface area contributed by atoms with E-state index in [1.54, 1.807) is 25.1 Å². The number of methoxy groups -OCH3 is 1. The van der Waals surface area contributed by atoms with Crippen molar-refractivity contribution in [1.82, 2.24) is 10.6 Å². The van der Waals surface area contributed by atoms with Crippen LogP contribution in [0.5, 0.6) is 11.5 Å². The molecule has 1 heterocycles. The summed E-state index contributed by atoms with van der Waals surface area (Å²) < 4.78 is 5.14. The third-order valence-corrected chi connectivity index (χ3v) is 4.33. The minimum atomic E-state index is -0.682. The molecule has 1 aliphatic heterocycles. The number of amides is 3. The van der Waals surface area contributed by atoms with Crippen LogP contribution in [-0.4, -0.2) is 24.2 Å². The number of aromatic hydroxyl groups is 1. The van der Waals surface area contributed by atoms with Gasteiger partial charge >= 0.3 is 6.03 Å². The third kappa shape index (κ3) is 3.87. The Morgan fingerprint density at radius 1 is 1.19 bits per heavy atom. The number of rotatable bonds is 4. The summed E-state index contributed by atoms with van der Waals surface area (Å²) in [5.74, 6) is -0.0907. The van der Waals surface area contributed by atoms with Crippen LogP contribution in [0.15, 0.2) is 53.7 Å². The predicted molar refractivity (Wildman–Crippen MR) is 102 cm³/mol. The standard InChI is InChI=1S/C20H21N3O4/c1-11-5-4-6-14(9-11)22-19(25)17-12(2)21-20(26)23-18(17)13-7-8-15(24)16(10-13)27-3/h4-10,18,24H,1-3H3,(H,22,25)(H2,21,23,26)/t18-/m1/s1. The molecule has 4 N–H and O–H groups in total. The zero-order valence-corrected chi connectivity index (χ0v) is 15.3. The summed E-state index contributed by atoms with van der Waals surface area (Å²) in [7, 11) is 1.44. The van der Waals surface area contributed by atoms with Gasteiger partial charge in [-0.3, -0.25) is 4.79 Å². The number of ether oxygens (including phenoxy) is 1. The third-order valence-electron chi connectivity index (χ3n) is 4.33. The second-order valence-electron chi connectivity index (χ2n) is 6.33. The normalized spacial score (nSPS) is 16.4. The highest BCUT2D eigenvalue weighted by Crippen LogP contribution is 2.33. The molecule has 0 fully saturated rings. The number of hydrogen-bond acceptors (Lipinski definition) is 4. The Hall–Kier alpha value is -3.48. The van der Waals surface area contributed by atoms with Crippen molar-refractivity contribution in [2.75, 3.05) is 12.4 Å². The number of anilines is 1. The van der Waals surface area contributed by atoms with Gasteiger partial charge in [0.25, 0.3) is 5.91 Å². The first kappa shape index (κ1) is 18.3. The van der Waals surface area contributed by atoms with Crippen LogP contribution in [-0.2, 0) is 4.79 Å². The molecule has 3 rings (SSSR count). The topological polar surface area (TPSA) is 99.7 Å². The molecule has 140 valence electrons. The van der Waals surface area contributed by atoms with Crippen LogP contribution in [0.25, 0.3) is 0 Å². The second kappa shape index (κ2) is 7.41. The van der Waals surface area contributed by atoms with Crippen molar-refractivity contribution in [2.24, 2.45) is 0 Å². The Morgan fingerprint density at radius 3 is 2.67 bits per heavy atom. The molecule has 0 unspecified atom stereocenters. The predicted octanol–water partition coefficient (Wildman–Crippen LogP) is 2.98. The summed E-state index contributed by atoms with van der Waals surface area (Å²) in [5, 5.41) is 18.1. The molecule has 2 aromatic rings. The molecular formula is C20H21N3O4. The number of phenolic OH excluding ortho intramolecular Hbond substituents is 1. The Labute approximate surface area is 157 Å². The fraction of sp³-hybridized carbons (Fsp3) is 0.200. The van der Waals surface area contributed by atoms with Gasteiger partial charge in [-0.25, -0.2) is 4.79 Å². The molecular weight excluding hydrogens is 346 g/mol. The van der Waals surface area contributed by atoms with Gasteiger partial charge in [0.05, 0.1) is 18.7 Å². The lowest BCUT2D eigenvalue weighted by molar-refractivity contribution is -0.113. The van der Waals surface area contributed by atoms with Crippen molar-refractivity contribution in [2.45, 2.75) is 19.9 Å². The van der Waals surface area contributed by atoms with Crippen LogP contribution in [0.1, 0.15) is 24.1 Å². The van der Waals surface area contributed by atoms with Crippen molar-refractivity contribution in [3.05, 3.63) is 64.9 Å². The van der Waals surface area contributed by atoms with E-state index in [-0.39, 0.29) is 17.4 Å². The number of benzene rings is 2. The largest absolute Gasteiger partial charge is 0.504 e. The SMILES string of the molecule is COc1cc([C@H]2NC(=O)NC(C)=C2C(=O)Nc2cccc(C)c2)ccc1O. The fourth-order valence-electron chi connectivity index (χ4n) is 3.04. The maximum atomic E-state index is 13.0. The molecule has 7 nitrogen and oxygen atoms in total. The lowest BCUT2D eigenvalue weighted by Crippen LogP contribution is -2.45. The van der Waals surface area contributed by atoms with E-state index in [9.17, 15) is 14.7 Å². The van der Waals surface area contributed by atoms with E-state index in [1.165, 1.54) is 13.2 Å². The summed E-state index contributed by atoms with van der Waals surface area (Å²) in [6, 6.07) is 11.1. The first-order valence-corrected chi connectivity index (χ1v) is 8.42. The lowest BCUT2D eigenvalue weighted by atomic mass is 9.94. The molecule has 27 heavy (non-hydrogen) atoms. The zero-order valence-electron chi connectivity index (χ0n) is 15.3. The molecule has 0 aliphatic carbocycles. The Balaban J connectivity index is 1.98. The minimum Gasteiger partial charge on any atom is -0.504 e. The molecule has 0 saturated carbocycles. The maximum Gasteiger partial charge on any atom is 0.319 e. The number of urea groups is 1. The van der Waals surface area contributed by atoms with Gasteiger partial charge in [0.1, 0.15) is 0 Å². The van der Waals surface area contributed by atoms with Crippen molar-refractivity contribution < 1.29 is 19.4 Å². The van der Waals surface area contributed by atoms with Gasteiger partial charge in [-0.2, -0.15) is 0 Å². The summed E-state index contributed by atoms with van der Waals surface area (Å²) in [4.78, 5) is 24.9. The highest BCUT2D eigenvalue weighted by Gasteiger charge is 2.31. The monoisotopic (exact) mass is 367 g/mol. The number of carbonyl (C=O) groups excluding carboxylic acids is 2. The molecule has 0 aromatic heterocycles. The first-order valence-electron chi connectivity index (χ1n) is 8.42. The van der Waals surface area contributed by atoms with Gasteiger partial charge in [-0.05, 0) is 49.2 Å². The number of aryl methyl sites for hydroxylation is 1. The van der Waals surface area contributed by atoms with Gasteiger partial charge in [-0.15, -0.1) is 0 Å². The second-order valence-corrected chi connectivity index (χ2v) is 6.33. The van der Waals surface area contributed by atoms with Crippen molar-refractivity contribution in [3.63, 3.8) is 0 Å². The molecule has 0 radical (unpaired) electrons. The molecule has 1 atom stereocenters. The van der Waals surface area contributed by atoms with E-state index in [0.717, 1.165) is 5.56 Å². The molecule has 3 amide bonds. The van der Waals surface area contributed by atoms with Crippen molar-refractivity contribution >= 4 is 17.6 Å². The van der Waals surface area contributed by atoms with E-state index in [2.05, 4.69) is 16.0 Å². The van der Waals surface area contributed by atoms with Gasteiger partial charge in [0.15, 0.2) is 11.5 Å². The van der Waals surface area contributed by atoms with Crippen molar-refractivity contribution in [1.29, 1.82) is 0 Å². The number of nitrogens with one attached hydrogen (secondary N) is 3. The average Bonchev–Trinajstić information content (AvgIpc) is 2.61. The number of hydrogen-bond donors (Lipinski definition) is 4. The summed E-state index contributed by atoms with van der Waals surface area (Å²) >= 11 is 0. The van der Waals surface area contributed by atoms with Crippen LogP contribution in [0.3, 0.4) is 0 Å². The van der Waals surface area contributed by atoms with E-state index < -0.39 is 12.1 Å². The first-order chi connectivity index (χ1) is 12.9. The molecule has 7 heteroatoms. The molecule has 0 bridgehead atoms. The number of carbonyl (C=O) groups is 2. The zero-order chi connectivity index (χ0) is 19.6. The van der Waals surface area contributed by atoms with E-state index in [1.807, 2.05) is 25.1 Å².